The molecule has 0 saturated heterocycles. The Hall–Kier alpha value is -1.22. The van der Waals surface area contributed by atoms with Gasteiger partial charge in [-0.1, -0.05) is 30.2 Å². The standard InChI is InChI=1S/C9H8/c1-2-9-7-5-3-4-6-8-9/h1,3,5-8H,4H2. The van der Waals surface area contributed by atoms with E-state index in [4.69, 9.17) is 6.42 Å². The SMILES string of the molecule is C#CC1=CC=CCC=C1. The van der Waals surface area contributed by atoms with Crippen LogP contribution in [0.1, 0.15) is 6.42 Å². The van der Waals surface area contributed by atoms with Crippen molar-refractivity contribution in [2.45, 2.75) is 6.42 Å². The number of allylic oxidation sites excluding steroid dienone is 6. The van der Waals surface area contributed by atoms with E-state index < -0.39 is 0 Å². The summed E-state index contributed by atoms with van der Waals surface area (Å²) in [6.07, 6.45) is 16.2. The fourth-order valence-corrected chi connectivity index (χ4v) is 0.676. The van der Waals surface area contributed by atoms with Crippen molar-refractivity contribution in [1.29, 1.82) is 0 Å². The Morgan fingerprint density at radius 3 is 3.11 bits per heavy atom. The van der Waals surface area contributed by atoms with Crippen molar-refractivity contribution >= 4 is 0 Å². The molecule has 0 N–H and O–H groups in total. The van der Waals surface area contributed by atoms with Crippen LogP contribution in [0.3, 0.4) is 0 Å². The molecule has 0 saturated carbocycles. The molecule has 1 rings (SSSR count). The van der Waals surface area contributed by atoms with Crippen molar-refractivity contribution in [1.82, 2.24) is 0 Å². The summed E-state index contributed by atoms with van der Waals surface area (Å²) in [6, 6.07) is 0. The molecule has 0 spiro atoms. The van der Waals surface area contributed by atoms with Crippen molar-refractivity contribution in [3.05, 3.63) is 36.0 Å². The maximum absolute atomic E-state index is 5.17. The fourth-order valence-electron chi connectivity index (χ4n) is 0.676. The smallest absolute Gasteiger partial charge is 0.0239 e. The average Bonchev–Trinajstić information content (AvgIpc) is 2.13. The van der Waals surface area contributed by atoms with Crippen LogP contribution in [0.15, 0.2) is 36.0 Å². The Balaban J connectivity index is 2.82. The van der Waals surface area contributed by atoms with Gasteiger partial charge >= 0.3 is 0 Å². The van der Waals surface area contributed by atoms with Crippen molar-refractivity contribution in [3.8, 4) is 12.3 Å². The minimum Gasteiger partial charge on any atom is -0.115 e. The topological polar surface area (TPSA) is 0 Å². The molecule has 0 heterocycles. The van der Waals surface area contributed by atoms with Gasteiger partial charge in [-0.2, -0.15) is 0 Å². The molecular weight excluding hydrogens is 108 g/mol. The Morgan fingerprint density at radius 1 is 1.44 bits per heavy atom. The average molecular weight is 116 g/mol. The predicted octanol–water partition coefficient (Wildman–Crippen LogP) is 2.06. The summed E-state index contributed by atoms with van der Waals surface area (Å²) in [6.45, 7) is 0. The lowest BCUT2D eigenvalue weighted by Gasteiger charge is -1.80. The summed E-state index contributed by atoms with van der Waals surface area (Å²) in [5, 5.41) is 0. The van der Waals surface area contributed by atoms with E-state index in [-0.39, 0.29) is 0 Å². The molecular formula is C9H8. The van der Waals surface area contributed by atoms with E-state index in [0.717, 1.165) is 12.0 Å². The zero-order chi connectivity index (χ0) is 6.53. The van der Waals surface area contributed by atoms with E-state index in [9.17, 15) is 0 Å². The first-order chi connectivity index (χ1) is 4.43. The number of hydrogen-bond donors (Lipinski definition) is 0. The Labute approximate surface area is 55.6 Å². The molecule has 0 bridgehead atoms. The van der Waals surface area contributed by atoms with Gasteiger partial charge in [-0.05, 0) is 12.5 Å². The lowest BCUT2D eigenvalue weighted by Crippen LogP contribution is -1.65. The van der Waals surface area contributed by atoms with Gasteiger partial charge in [0.2, 0.25) is 0 Å². The monoisotopic (exact) mass is 116 g/mol. The third-order valence-corrected chi connectivity index (χ3v) is 1.15. The normalized spacial score (nSPS) is 16.1. The highest BCUT2D eigenvalue weighted by Crippen LogP contribution is 2.01. The summed E-state index contributed by atoms with van der Waals surface area (Å²) >= 11 is 0. The third kappa shape index (κ3) is 1.62. The first-order valence-corrected chi connectivity index (χ1v) is 2.93. The van der Waals surface area contributed by atoms with Crippen LogP contribution in [0, 0.1) is 12.3 Å². The predicted molar refractivity (Wildman–Crippen MR) is 39.8 cm³/mol. The fraction of sp³-hybridized carbons (Fsp3) is 0.111. The molecule has 0 nitrogen and oxygen atoms in total. The van der Waals surface area contributed by atoms with E-state index >= 15 is 0 Å². The molecule has 1 aliphatic rings. The van der Waals surface area contributed by atoms with Crippen molar-refractivity contribution in [3.63, 3.8) is 0 Å². The van der Waals surface area contributed by atoms with Gasteiger partial charge in [0.05, 0.1) is 0 Å². The van der Waals surface area contributed by atoms with Gasteiger partial charge in [0.15, 0.2) is 0 Å². The van der Waals surface area contributed by atoms with E-state index in [2.05, 4.69) is 18.1 Å². The lowest BCUT2D eigenvalue weighted by atomic mass is 10.2. The van der Waals surface area contributed by atoms with Gasteiger partial charge in [-0.3, -0.25) is 0 Å². The highest BCUT2D eigenvalue weighted by atomic mass is 13.9. The molecule has 1 aliphatic carbocycles. The largest absolute Gasteiger partial charge is 0.115 e. The van der Waals surface area contributed by atoms with Crippen LogP contribution < -0.4 is 0 Å². The summed E-state index contributed by atoms with van der Waals surface area (Å²) < 4.78 is 0. The summed E-state index contributed by atoms with van der Waals surface area (Å²) in [5.41, 5.74) is 0.948. The van der Waals surface area contributed by atoms with Crippen LogP contribution >= 0.6 is 0 Å². The second kappa shape index (κ2) is 2.94. The van der Waals surface area contributed by atoms with Gasteiger partial charge in [0.1, 0.15) is 0 Å². The van der Waals surface area contributed by atoms with Crippen molar-refractivity contribution in [2.75, 3.05) is 0 Å². The first-order valence-electron chi connectivity index (χ1n) is 2.93. The molecule has 9 heavy (non-hydrogen) atoms. The van der Waals surface area contributed by atoms with Crippen LogP contribution in [-0.2, 0) is 0 Å². The number of hydrogen-bond acceptors (Lipinski definition) is 0. The van der Waals surface area contributed by atoms with E-state index in [1.807, 2.05) is 18.2 Å². The molecule has 0 amide bonds. The molecule has 0 heteroatoms. The highest BCUT2D eigenvalue weighted by molar-refractivity contribution is 5.40. The summed E-state index contributed by atoms with van der Waals surface area (Å²) in [4.78, 5) is 0. The molecule has 0 aromatic rings. The zero-order valence-electron chi connectivity index (χ0n) is 5.17. The summed E-state index contributed by atoms with van der Waals surface area (Å²) in [5.74, 6) is 2.57. The van der Waals surface area contributed by atoms with E-state index in [1.54, 1.807) is 0 Å². The highest BCUT2D eigenvalue weighted by Gasteiger charge is 1.83. The molecule has 44 valence electrons. The molecule has 0 unspecified atom stereocenters. The third-order valence-electron chi connectivity index (χ3n) is 1.15. The molecule has 0 fully saturated rings. The summed E-state index contributed by atoms with van der Waals surface area (Å²) in [7, 11) is 0. The molecule has 0 aromatic carbocycles. The molecule has 0 aliphatic heterocycles. The van der Waals surface area contributed by atoms with Crippen LogP contribution in [0.25, 0.3) is 0 Å². The maximum atomic E-state index is 5.17. The Bertz CT molecular complexity index is 209. The number of terminal acetylenes is 1. The van der Waals surface area contributed by atoms with Gasteiger partial charge in [0.25, 0.3) is 0 Å². The Kier molecular flexibility index (Phi) is 1.93. The molecule has 0 radical (unpaired) electrons. The van der Waals surface area contributed by atoms with Gasteiger partial charge < -0.3 is 0 Å². The quantitative estimate of drug-likeness (QED) is 0.425. The van der Waals surface area contributed by atoms with E-state index in [0.29, 0.717) is 0 Å². The van der Waals surface area contributed by atoms with Crippen molar-refractivity contribution < 1.29 is 0 Å². The van der Waals surface area contributed by atoms with Crippen LogP contribution in [0.4, 0.5) is 0 Å². The van der Waals surface area contributed by atoms with Gasteiger partial charge in [-0.15, -0.1) is 6.42 Å². The second-order valence-electron chi connectivity index (χ2n) is 1.83. The minimum absolute atomic E-state index is 0.948. The number of rotatable bonds is 0. The first kappa shape index (κ1) is 5.91. The van der Waals surface area contributed by atoms with Gasteiger partial charge in [-0.25, -0.2) is 0 Å². The van der Waals surface area contributed by atoms with Crippen LogP contribution in [0.2, 0.25) is 0 Å². The van der Waals surface area contributed by atoms with Crippen LogP contribution in [-0.4, -0.2) is 0 Å². The maximum Gasteiger partial charge on any atom is 0.0239 e. The van der Waals surface area contributed by atoms with E-state index in [1.165, 1.54) is 0 Å². The molecule has 0 atom stereocenters. The minimum atomic E-state index is 0.948. The van der Waals surface area contributed by atoms with Crippen LogP contribution in [0.5, 0.6) is 0 Å². The Morgan fingerprint density at radius 2 is 2.33 bits per heavy atom. The van der Waals surface area contributed by atoms with Gasteiger partial charge in [0, 0.05) is 5.57 Å². The lowest BCUT2D eigenvalue weighted by molar-refractivity contribution is 1.40. The zero-order valence-corrected chi connectivity index (χ0v) is 5.17. The second-order valence-corrected chi connectivity index (χ2v) is 1.83. The van der Waals surface area contributed by atoms with Crippen molar-refractivity contribution in [2.24, 2.45) is 0 Å². The molecule has 0 aromatic heterocycles.